The molecule has 0 fully saturated rings. The SMILES string of the molecule is COC(=O)CCCOc1cc(Br)ccc1[C@@H](C)N. The summed E-state index contributed by atoms with van der Waals surface area (Å²) in [4.78, 5) is 10.9. The summed E-state index contributed by atoms with van der Waals surface area (Å²) in [6.45, 7) is 2.37. The van der Waals surface area contributed by atoms with Gasteiger partial charge in [0.05, 0.1) is 13.7 Å². The highest BCUT2D eigenvalue weighted by Crippen LogP contribution is 2.27. The zero-order chi connectivity index (χ0) is 13.5. The van der Waals surface area contributed by atoms with Gasteiger partial charge in [0.15, 0.2) is 0 Å². The summed E-state index contributed by atoms with van der Waals surface area (Å²) in [5.74, 6) is 0.532. The second-order valence-electron chi connectivity index (χ2n) is 4.00. The van der Waals surface area contributed by atoms with Crippen molar-refractivity contribution < 1.29 is 14.3 Å². The molecule has 0 bridgehead atoms. The largest absolute Gasteiger partial charge is 0.493 e. The summed E-state index contributed by atoms with van der Waals surface area (Å²) in [5, 5.41) is 0. The van der Waals surface area contributed by atoms with Crippen molar-refractivity contribution in [2.75, 3.05) is 13.7 Å². The number of nitrogens with two attached hydrogens (primary N) is 1. The van der Waals surface area contributed by atoms with E-state index in [-0.39, 0.29) is 12.0 Å². The second-order valence-corrected chi connectivity index (χ2v) is 4.91. The molecule has 0 saturated carbocycles. The molecule has 0 unspecified atom stereocenters. The van der Waals surface area contributed by atoms with Crippen molar-refractivity contribution >= 4 is 21.9 Å². The summed E-state index contributed by atoms with van der Waals surface area (Å²) in [5.41, 5.74) is 6.82. The van der Waals surface area contributed by atoms with E-state index in [2.05, 4.69) is 20.7 Å². The van der Waals surface area contributed by atoms with Crippen LogP contribution in [0.15, 0.2) is 22.7 Å². The van der Waals surface area contributed by atoms with E-state index < -0.39 is 0 Å². The van der Waals surface area contributed by atoms with E-state index in [1.54, 1.807) is 0 Å². The molecule has 0 amide bonds. The molecule has 1 aromatic rings. The van der Waals surface area contributed by atoms with Crippen molar-refractivity contribution in [3.05, 3.63) is 28.2 Å². The van der Waals surface area contributed by atoms with Crippen LogP contribution in [0.5, 0.6) is 5.75 Å². The molecular formula is C13H18BrNO3. The molecule has 4 nitrogen and oxygen atoms in total. The maximum Gasteiger partial charge on any atom is 0.305 e. The lowest BCUT2D eigenvalue weighted by atomic mass is 10.1. The normalized spacial score (nSPS) is 12.0. The molecule has 100 valence electrons. The molecule has 0 aliphatic heterocycles. The van der Waals surface area contributed by atoms with Crippen LogP contribution in [-0.2, 0) is 9.53 Å². The molecule has 0 spiro atoms. The number of ether oxygens (including phenoxy) is 2. The molecule has 0 radical (unpaired) electrons. The van der Waals surface area contributed by atoms with E-state index in [9.17, 15) is 4.79 Å². The number of methoxy groups -OCH3 is 1. The number of carbonyl (C=O) groups is 1. The van der Waals surface area contributed by atoms with Gasteiger partial charge in [-0.25, -0.2) is 0 Å². The molecule has 2 N–H and O–H groups in total. The first-order chi connectivity index (χ1) is 8.54. The van der Waals surface area contributed by atoms with Crippen molar-refractivity contribution in [2.24, 2.45) is 5.73 Å². The van der Waals surface area contributed by atoms with Crippen LogP contribution in [0.4, 0.5) is 0 Å². The minimum absolute atomic E-state index is 0.0892. The molecule has 0 heterocycles. The van der Waals surface area contributed by atoms with Crippen LogP contribution in [0.2, 0.25) is 0 Å². The molecule has 0 aliphatic carbocycles. The summed E-state index contributed by atoms with van der Waals surface area (Å²) in [7, 11) is 1.38. The fourth-order valence-corrected chi connectivity index (χ4v) is 1.85. The van der Waals surface area contributed by atoms with E-state index in [1.165, 1.54) is 7.11 Å². The fraction of sp³-hybridized carbons (Fsp3) is 0.462. The van der Waals surface area contributed by atoms with Gasteiger partial charge in [0.1, 0.15) is 5.75 Å². The van der Waals surface area contributed by atoms with Crippen LogP contribution in [0.1, 0.15) is 31.4 Å². The Bertz CT molecular complexity index is 407. The Morgan fingerprint density at radius 3 is 2.83 bits per heavy atom. The monoisotopic (exact) mass is 315 g/mol. The third-order valence-electron chi connectivity index (χ3n) is 2.48. The number of carbonyl (C=O) groups excluding carboxylic acids is 1. The molecule has 5 heteroatoms. The first-order valence-electron chi connectivity index (χ1n) is 5.79. The maximum absolute atomic E-state index is 10.9. The van der Waals surface area contributed by atoms with Gasteiger partial charge in [-0.15, -0.1) is 0 Å². The number of rotatable bonds is 6. The Labute approximate surface area is 116 Å². The van der Waals surface area contributed by atoms with Gasteiger partial charge < -0.3 is 15.2 Å². The summed E-state index contributed by atoms with van der Waals surface area (Å²) < 4.78 is 11.2. The van der Waals surface area contributed by atoms with E-state index in [0.717, 1.165) is 15.8 Å². The van der Waals surface area contributed by atoms with Crippen molar-refractivity contribution in [3.63, 3.8) is 0 Å². The molecule has 0 aliphatic rings. The molecule has 18 heavy (non-hydrogen) atoms. The Kier molecular flexibility index (Phi) is 6.15. The van der Waals surface area contributed by atoms with Crippen LogP contribution in [-0.4, -0.2) is 19.7 Å². The van der Waals surface area contributed by atoms with Crippen LogP contribution in [0, 0.1) is 0 Å². The molecule has 1 rings (SSSR count). The lowest BCUT2D eigenvalue weighted by Crippen LogP contribution is -2.09. The first-order valence-corrected chi connectivity index (χ1v) is 6.58. The van der Waals surface area contributed by atoms with Crippen LogP contribution in [0.25, 0.3) is 0 Å². The Balaban J connectivity index is 2.55. The summed E-state index contributed by atoms with van der Waals surface area (Å²) in [6.07, 6.45) is 0.982. The number of benzene rings is 1. The predicted molar refractivity (Wildman–Crippen MR) is 73.5 cm³/mol. The van der Waals surface area contributed by atoms with E-state index in [1.807, 2.05) is 25.1 Å². The van der Waals surface area contributed by atoms with E-state index in [0.29, 0.717) is 19.4 Å². The average Bonchev–Trinajstić information content (AvgIpc) is 2.34. The average molecular weight is 316 g/mol. The summed E-state index contributed by atoms with van der Waals surface area (Å²) >= 11 is 3.39. The van der Waals surface area contributed by atoms with Gasteiger partial charge in [0.25, 0.3) is 0 Å². The highest BCUT2D eigenvalue weighted by Gasteiger charge is 2.09. The van der Waals surface area contributed by atoms with Gasteiger partial charge in [0.2, 0.25) is 0 Å². The maximum atomic E-state index is 10.9. The minimum Gasteiger partial charge on any atom is -0.493 e. The van der Waals surface area contributed by atoms with E-state index in [4.69, 9.17) is 10.5 Å². The highest BCUT2D eigenvalue weighted by atomic mass is 79.9. The zero-order valence-electron chi connectivity index (χ0n) is 10.6. The van der Waals surface area contributed by atoms with Gasteiger partial charge in [-0.05, 0) is 25.5 Å². The molecule has 1 atom stereocenters. The van der Waals surface area contributed by atoms with Gasteiger partial charge in [0, 0.05) is 22.5 Å². The number of hydrogen-bond donors (Lipinski definition) is 1. The lowest BCUT2D eigenvalue weighted by Gasteiger charge is -2.14. The third kappa shape index (κ3) is 4.66. The smallest absolute Gasteiger partial charge is 0.305 e. The quantitative estimate of drug-likeness (QED) is 0.647. The Hall–Kier alpha value is -1.07. The fourth-order valence-electron chi connectivity index (χ4n) is 1.51. The van der Waals surface area contributed by atoms with Crippen molar-refractivity contribution in [2.45, 2.75) is 25.8 Å². The molecule has 0 saturated heterocycles. The predicted octanol–water partition coefficient (Wildman–Crippen LogP) is 2.80. The van der Waals surface area contributed by atoms with Gasteiger partial charge in [-0.1, -0.05) is 22.0 Å². The first kappa shape index (κ1) is 15.0. The molecular weight excluding hydrogens is 298 g/mol. The van der Waals surface area contributed by atoms with Crippen molar-refractivity contribution in [3.8, 4) is 5.75 Å². The van der Waals surface area contributed by atoms with Crippen LogP contribution >= 0.6 is 15.9 Å². The summed E-state index contributed by atoms with van der Waals surface area (Å²) in [6, 6.07) is 5.66. The molecule has 0 aromatic heterocycles. The minimum atomic E-state index is -0.222. The van der Waals surface area contributed by atoms with Crippen LogP contribution in [0.3, 0.4) is 0 Å². The molecule has 1 aromatic carbocycles. The van der Waals surface area contributed by atoms with Crippen molar-refractivity contribution in [1.82, 2.24) is 0 Å². The standard InChI is InChI=1S/C13H18BrNO3/c1-9(15)11-6-5-10(14)8-12(11)18-7-3-4-13(16)17-2/h5-6,8-9H,3-4,7,15H2,1-2H3/t9-/m1/s1. The Morgan fingerprint density at radius 1 is 1.50 bits per heavy atom. The number of halogens is 1. The van der Waals surface area contributed by atoms with Gasteiger partial charge in [-0.2, -0.15) is 0 Å². The van der Waals surface area contributed by atoms with Gasteiger partial charge in [-0.3, -0.25) is 4.79 Å². The zero-order valence-corrected chi connectivity index (χ0v) is 12.2. The second kappa shape index (κ2) is 7.38. The van der Waals surface area contributed by atoms with Crippen molar-refractivity contribution in [1.29, 1.82) is 0 Å². The Morgan fingerprint density at radius 2 is 2.22 bits per heavy atom. The van der Waals surface area contributed by atoms with Crippen LogP contribution < -0.4 is 10.5 Å². The number of hydrogen-bond acceptors (Lipinski definition) is 4. The third-order valence-corrected chi connectivity index (χ3v) is 2.97. The lowest BCUT2D eigenvalue weighted by molar-refractivity contribution is -0.140. The van der Waals surface area contributed by atoms with Gasteiger partial charge >= 0.3 is 5.97 Å². The van der Waals surface area contributed by atoms with E-state index >= 15 is 0 Å². The topological polar surface area (TPSA) is 61.5 Å². The number of esters is 1. The highest BCUT2D eigenvalue weighted by molar-refractivity contribution is 9.10.